The molecule has 0 saturated carbocycles. The Balaban J connectivity index is 2.11. The summed E-state index contributed by atoms with van der Waals surface area (Å²) in [4.78, 5) is 4.16. The van der Waals surface area contributed by atoms with Crippen LogP contribution in [0.1, 0.15) is 12.0 Å². The number of nitrogens with zero attached hydrogens (tertiary/aromatic N) is 1. The molecule has 0 unspecified atom stereocenters. The number of aromatic nitrogens is 1. The van der Waals surface area contributed by atoms with Crippen LogP contribution in [0, 0.1) is 6.92 Å². The van der Waals surface area contributed by atoms with E-state index >= 15 is 0 Å². The lowest BCUT2D eigenvalue weighted by Crippen LogP contribution is -2.07. The first kappa shape index (κ1) is 14.4. The van der Waals surface area contributed by atoms with E-state index in [2.05, 4.69) is 20.9 Å². The zero-order valence-corrected chi connectivity index (χ0v) is 11.8. The van der Waals surface area contributed by atoms with Crippen molar-refractivity contribution in [3.05, 3.63) is 22.3 Å². The van der Waals surface area contributed by atoms with Crippen molar-refractivity contribution in [3.63, 3.8) is 0 Å². The Hall–Kier alpha value is -0.650. The SMILES string of the molecule is COCCOCCCOc1cc(C)c(Br)cn1. The molecular weight excluding hydrogens is 286 g/mol. The molecule has 96 valence electrons. The molecule has 1 rings (SSSR count). The third-order valence-corrected chi connectivity index (χ3v) is 2.97. The average molecular weight is 304 g/mol. The van der Waals surface area contributed by atoms with Crippen LogP contribution in [-0.2, 0) is 9.47 Å². The van der Waals surface area contributed by atoms with Gasteiger partial charge in [0.25, 0.3) is 0 Å². The summed E-state index contributed by atoms with van der Waals surface area (Å²) < 4.78 is 16.7. The van der Waals surface area contributed by atoms with Crippen LogP contribution < -0.4 is 4.74 Å². The minimum Gasteiger partial charge on any atom is -0.478 e. The molecule has 17 heavy (non-hydrogen) atoms. The van der Waals surface area contributed by atoms with Gasteiger partial charge >= 0.3 is 0 Å². The van der Waals surface area contributed by atoms with Gasteiger partial charge in [0, 0.05) is 36.9 Å². The summed E-state index contributed by atoms with van der Waals surface area (Å²) in [7, 11) is 1.66. The average Bonchev–Trinajstić information content (AvgIpc) is 2.32. The first-order valence-corrected chi connectivity index (χ1v) is 6.35. The van der Waals surface area contributed by atoms with Gasteiger partial charge in [0.1, 0.15) is 0 Å². The maximum absolute atomic E-state index is 5.51. The molecule has 0 aliphatic rings. The number of hydrogen-bond acceptors (Lipinski definition) is 4. The standard InChI is InChI=1S/C12H18BrNO3/c1-10-8-12(14-9-11(10)13)17-5-3-4-16-7-6-15-2/h8-9H,3-7H2,1-2H3. The summed E-state index contributed by atoms with van der Waals surface area (Å²) in [6.07, 6.45) is 2.60. The van der Waals surface area contributed by atoms with Gasteiger partial charge in [0.2, 0.25) is 5.88 Å². The van der Waals surface area contributed by atoms with E-state index in [4.69, 9.17) is 14.2 Å². The van der Waals surface area contributed by atoms with Gasteiger partial charge < -0.3 is 14.2 Å². The van der Waals surface area contributed by atoms with E-state index in [9.17, 15) is 0 Å². The van der Waals surface area contributed by atoms with Gasteiger partial charge in [-0.15, -0.1) is 0 Å². The topological polar surface area (TPSA) is 40.6 Å². The molecule has 0 N–H and O–H groups in total. The highest BCUT2D eigenvalue weighted by atomic mass is 79.9. The molecular formula is C12H18BrNO3. The zero-order valence-electron chi connectivity index (χ0n) is 10.2. The summed E-state index contributed by atoms with van der Waals surface area (Å²) in [5, 5.41) is 0. The first-order chi connectivity index (χ1) is 8.24. The van der Waals surface area contributed by atoms with E-state index < -0.39 is 0 Å². The number of ether oxygens (including phenoxy) is 3. The molecule has 0 aliphatic heterocycles. The predicted molar refractivity (Wildman–Crippen MR) is 69.5 cm³/mol. The highest BCUT2D eigenvalue weighted by molar-refractivity contribution is 9.10. The number of aryl methyl sites for hydroxylation is 1. The minimum absolute atomic E-state index is 0.612. The van der Waals surface area contributed by atoms with Gasteiger partial charge in [0.15, 0.2) is 0 Å². The fourth-order valence-electron chi connectivity index (χ4n) is 1.17. The van der Waals surface area contributed by atoms with Gasteiger partial charge in [-0.1, -0.05) is 0 Å². The maximum atomic E-state index is 5.51. The van der Waals surface area contributed by atoms with Gasteiger partial charge in [-0.2, -0.15) is 0 Å². The van der Waals surface area contributed by atoms with Crippen LogP contribution in [0.4, 0.5) is 0 Å². The second kappa shape index (κ2) is 8.44. The minimum atomic E-state index is 0.612. The first-order valence-electron chi connectivity index (χ1n) is 5.55. The van der Waals surface area contributed by atoms with E-state index in [1.807, 2.05) is 13.0 Å². The van der Waals surface area contributed by atoms with E-state index in [1.54, 1.807) is 13.3 Å². The van der Waals surface area contributed by atoms with Gasteiger partial charge in [-0.3, -0.25) is 0 Å². The van der Waals surface area contributed by atoms with Crippen molar-refractivity contribution < 1.29 is 14.2 Å². The Labute approximate surface area is 110 Å². The van der Waals surface area contributed by atoms with Crippen LogP contribution in [0.15, 0.2) is 16.7 Å². The van der Waals surface area contributed by atoms with Gasteiger partial charge in [-0.05, 0) is 28.4 Å². The lowest BCUT2D eigenvalue weighted by molar-refractivity contribution is 0.0642. The highest BCUT2D eigenvalue weighted by Gasteiger charge is 1.99. The molecule has 1 aromatic rings. The van der Waals surface area contributed by atoms with Crippen molar-refractivity contribution in [2.24, 2.45) is 0 Å². The molecule has 4 nitrogen and oxygen atoms in total. The molecule has 1 heterocycles. The smallest absolute Gasteiger partial charge is 0.213 e. The van der Waals surface area contributed by atoms with E-state index in [1.165, 1.54) is 0 Å². The largest absolute Gasteiger partial charge is 0.478 e. The Kier molecular flexibility index (Phi) is 7.16. The Morgan fingerprint density at radius 1 is 1.24 bits per heavy atom. The molecule has 0 atom stereocenters. The fraction of sp³-hybridized carbons (Fsp3) is 0.583. The summed E-state index contributed by atoms with van der Waals surface area (Å²) in [6, 6.07) is 1.91. The van der Waals surface area contributed by atoms with Gasteiger partial charge in [0.05, 0.1) is 19.8 Å². The van der Waals surface area contributed by atoms with Crippen molar-refractivity contribution in [1.29, 1.82) is 0 Å². The summed E-state index contributed by atoms with van der Waals surface area (Å²) in [5.74, 6) is 0.655. The molecule has 0 amide bonds. The van der Waals surface area contributed by atoms with E-state index in [-0.39, 0.29) is 0 Å². The number of halogens is 1. The van der Waals surface area contributed by atoms with Crippen LogP contribution in [0.5, 0.6) is 5.88 Å². The van der Waals surface area contributed by atoms with Crippen molar-refractivity contribution >= 4 is 15.9 Å². The Morgan fingerprint density at radius 2 is 2.06 bits per heavy atom. The molecule has 5 heteroatoms. The highest BCUT2D eigenvalue weighted by Crippen LogP contribution is 2.18. The Bertz CT molecular complexity index is 334. The van der Waals surface area contributed by atoms with Crippen molar-refractivity contribution in [1.82, 2.24) is 4.98 Å². The molecule has 0 fully saturated rings. The van der Waals surface area contributed by atoms with Crippen LogP contribution in [0.25, 0.3) is 0 Å². The maximum Gasteiger partial charge on any atom is 0.213 e. The Morgan fingerprint density at radius 3 is 2.76 bits per heavy atom. The third-order valence-electron chi connectivity index (χ3n) is 2.14. The molecule has 0 saturated heterocycles. The van der Waals surface area contributed by atoms with E-state index in [0.29, 0.717) is 32.3 Å². The monoisotopic (exact) mass is 303 g/mol. The number of hydrogen-bond donors (Lipinski definition) is 0. The van der Waals surface area contributed by atoms with Crippen LogP contribution >= 0.6 is 15.9 Å². The molecule has 0 aromatic carbocycles. The third kappa shape index (κ3) is 6.00. The second-order valence-corrected chi connectivity index (χ2v) is 4.43. The summed E-state index contributed by atoms with van der Waals surface area (Å²) >= 11 is 3.40. The quantitative estimate of drug-likeness (QED) is 0.692. The van der Waals surface area contributed by atoms with Crippen LogP contribution in [0.3, 0.4) is 0 Å². The summed E-state index contributed by atoms with van der Waals surface area (Å²) in [6.45, 7) is 4.56. The second-order valence-electron chi connectivity index (χ2n) is 3.58. The normalized spacial score (nSPS) is 10.5. The lowest BCUT2D eigenvalue weighted by Gasteiger charge is -2.07. The van der Waals surface area contributed by atoms with Crippen molar-refractivity contribution in [2.45, 2.75) is 13.3 Å². The zero-order chi connectivity index (χ0) is 12.5. The van der Waals surface area contributed by atoms with E-state index in [0.717, 1.165) is 16.5 Å². The van der Waals surface area contributed by atoms with Crippen molar-refractivity contribution in [2.75, 3.05) is 33.5 Å². The van der Waals surface area contributed by atoms with Gasteiger partial charge in [-0.25, -0.2) is 4.98 Å². The molecule has 1 aromatic heterocycles. The lowest BCUT2D eigenvalue weighted by atomic mass is 10.3. The number of rotatable bonds is 8. The summed E-state index contributed by atoms with van der Waals surface area (Å²) in [5.41, 5.74) is 1.12. The molecule has 0 bridgehead atoms. The number of methoxy groups -OCH3 is 1. The molecule has 0 spiro atoms. The van der Waals surface area contributed by atoms with Crippen molar-refractivity contribution in [3.8, 4) is 5.88 Å². The predicted octanol–water partition coefficient (Wildman–Crippen LogP) is 2.58. The molecule has 0 radical (unpaired) electrons. The number of pyridine rings is 1. The molecule has 0 aliphatic carbocycles. The fourth-order valence-corrected chi connectivity index (χ4v) is 1.39. The van der Waals surface area contributed by atoms with Crippen LogP contribution in [0.2, 0.25) is 0 Å². The van der Waals surface area contributed by atoms with Crippen LogP contribution in [-0.4, -0.2) is 38.5 Å².